The number of halogens is 1. The summed E-state index contributed by atoms with van der Waals surface area (Å²) in [5.41, 5.74) is 3.20. The molecule has 0 spiro atoms. The van der Waals surface area contributed by atoms with Crippen molar-refractivity contribution in [3.05, 3.63) is 17.0 Å². The van der Waals surface area contributed by atoms with Crippen LogP contribution in [0.4, 0.5) is 0 Å². The first kappa shape index (κ1) is 8.60. The SMILES string of the molecule is Cc1nn(C)c(C)c1C#CI. The molecule has 0 aliphatic heterocycles. The van der Waals surface area contributed by atoms with E-state index >= 15 is 0 Å². The molecule has 1 aromatic heterocycles. The van der Waals surface area contributed by atoms with Crippen LogP contribution >= 0.6 is 22.6 Å². The molecule has 0 fully saturated rings. The Morgan fingerprint density at radius 1 is 1.45 bits per heavy atom. The molecule has 2 nitrogen and oxygen atoms in total. The van der Waals surface area contributed by atoms with E-state index in [1.54, 1.807) is 0 Å². The molecule has 3 heteroatoms. The van der Waals surface area contributed by atoms with Gasteiger partial charge in [0.25, 0.3) is 0 Å². The van der Waals surface area contributed by atoms with E-state index in [0.717, 1.165) is 17.0 Å². The van der Waals surface area contributed by atoms with Crippen LogP contribution in [0.5, 0.6) is 0 Å². The first-order valence-electron chi connectivity index (χ1n) is 3.28. The van der Waals surface area contributed by atoms with Gasteiger partial charge in [0, 0.05) is 29.6 Å². The minimum absolute atomic E-state index is 1.01. The Hall–Kier alpha value is -0.500. The predicted molar refractivity (Wildman–Crippen MR) is 53.6 cm³/mol. The van der Waals surface area contributed by atoms with Gasteiger partial charge in [0.15, 0.2) is 0 Å². The second kappa shape index (κ2) is 3.26. The maximum atomic E-state index is 4.24. The average Bonchev–Trinajstić information content (AvgIpc) is 2.17. The van der Waals surface area contributed by atoms with Crippen LogP contribution in [0.1, 0.15) is 17.0 Å². The fourth-order valence-electron chi connectivity index (χ4n) is 1.00. The predicted octanol–water partition coefficient (Wildman–Crippen LogP) is 1.78. The van der Waals surface area contributed by atoms with Crippen LogP contribution in [0.25, 0.3) is 0 Å². The van der Waals surface area contributed by atoms with Crippen molar-refractivity contribution in [1.82, 2.24) is 9.78 Å². The van der Waals surface area contributed by atoms with E-state index in [-0.39, 0.29) is 0 Å². The summed E-state index contributed by atoms with van der Waals surface area (Å²) in [7, 11) is 1.93. The molecule has 1 aromatic rings. The zero-order valence-electron chi connectivity index (χ0n) is 6.77. The van der Waals surface area contributed by atoms with E-state index in [4.69, 9.17) is 0 Å². The molecule has 0 amide bonds. The zero-order chi connectivity index (χ0) is 8.43. The Kier molecular flexibility index (Phi) is 2.55. The van der Waals surface area contributed by atoms with Gasteiger partial charge < -0.3 is 0 Å². The molecule has 0 unspecified atom stereocenters. The minimum Gasteiger partial charge on any atom is -0.271 e. The fourth-order valence-corrected chi connectivity index (χ4v) is 1.27. The van der Waals surface area contributed by atoms with Crippen LogP contribution in [-0.4, -0.2) is 9.78 Å². The quantitative estimate of drug-likeness (QED) is 0.513. The fraction of sp³-hybridized carbons (Fsp3) is 0.375. The monoisotopic (exact) mass is 260 g/mol. The highest BCUT2D eigenvalue weighted by molar-refractivity contribution is 14.1. The molecular formula is C8H9IN2. The molecule has 0 bridgehead atoms. The first-order chi connectivity index (χ1) is 5.16. The molecule has 0 radical (unpaired) electrons. The number of rotatable bonds is 0. The van der Waals surface area contributed by atoms with Crippen molar-refractivity contribution in [2.45, 2.75) is 13.8 Å². The second-order valence-corrected chi connectivity index (χ2v) is 2.93. The smallest absolute Gasteiger partial charge is 0.0753 e. The van der Waals surface area contributed by atoms with Gasteiger partial charge in [0.2, 0.25) is 0 Å². The van der Waals surface area contributed by atoms with E-state index < -0.39 is 0 Å². The van der Waals surface area contributed by atoms with Gasteiger partial charge in [0.1, 0.15) is 0 Å². The Morgan fingerprint density at radius 3 is 2.45 bits per heavy atom. The number of aryl methyl sites for hydroxylation is 2. The average molecular weight is 260 g/mol. The van der Waals surface area contributed by atoms with Crippen LogP contribution in [0.15, 0.2) is 0 Å². The Balaban J connectivity index is 3.30. The molecule has 0 atom stereocenters. The third kappa shape index (κ3) is 1.56. The second-order valence-electron chi connectivity index (χ2n) is 2.39. The molecular weight excluding hydrogens is 251 g/mol. The minimum atomic E-state index is 1.01. The lowest BCUT2D eigenvalue weighted by Gasteiger charge is -1.90. The van der Waals surface area contributed by atoms with Crippen LogP contribution in [-0.2, 0) is 7.05 Å². The summed E-state index contributed by atoms with van der Waals surface area (Å²) in [5, 5.41) is 4.24. The third-order valence-electron chi connectivity index (χ3n) is 1.68. The Bertz CT molecular complexity index is 328. The number of aromatic nitrogens is 2. The van der Waals surface area contributed by atoms with Crippen molar-refractivity contribution >= 4 is 22.6 Å². The number of hydrogen-bond donors (Lipinski definition) is 0. The zero-order valence-corrected chi connectivity index (χ0v) is 8.93. The van der Waals surface area contributed by atoms with Crippen molar-refractivity contribution in [2.24, 2.45) is 7.05 Å². The Labute approximate surface area is 80.1 Å². The van der Waals surface area contributed by atoms with Gasteiger partial charge in [-0.1, -0.05) is 5.92 Å². The maximum absolute atomic E-state index is 4.24. The summed E-state index contributed by atoms with van der Waals surface area (Å²) in [4.78, 5) is 0. The summed E-state index contributed by atoms with van der Waals surface area (Å²) < 4.78 is 4.70. The molecule has 1 rings (SSSR count). The standard InChI is InChI=1S/C8H9IN2/c1-6-8(4-5-9)7(2)11(3)10-6/h1-3H3. The summed E-state index contributed by atoms with van der Waals surface area (Å²) in [6.45, 7) is 4.00. The first-order valence-corrected chi connectivity index (χ1v) is 4.36. The van der Waals surface area contributed by atoms with Crippen molar-refractivity contribution in [1.29, 1.82) is 0 Å². The van der Waals surface area contributed by atoms with Gasteiger partial charge in [-0.2, -0.15) is 5.10 Å². The van der Waals surface area contributed by atoms with Crippen molar-refractivity contribution in [2.75, 3.05) is 0 Å². The van der Waals surface area contributed by atoms with Crippen LogP contribution in [0, 0.1) is 23.7 Å². The molecule has 11 heavy (non-hydrogen) atoms. The molecule has 0 saturated heterocycles. The molecule has 1 heterocycles. The molecule has 0 aliphatic carbocycles. The molecule has 0 saturated carbocycles. The molecule has 0 aromatic carbocycles. The van der Waals surface area contributed by atoms with E-state index in [0.29, 0.717) is 0 Å². The maximum Gasteiger partial charge on any atom is 0.0753 e. The van der Waals surface area contributed by atoms with Crippen LogP contribution in [0.3, 0.4) is 0 Å². The third-order valence-corrected chi connectivity index (χ3v) is 1.95. The normalized spacial score (nSPS) is 9.09. The van der Waals surface area contributed by atoms with Gasteiger partial charge in [0.05, 0.1) is 17.0 Å². The summed E-state index contributed by atoms with van der Waals surface area (Å²) in [6, 6.07) is 0. The van der Waals surface area contributed by atoms with E-state index in [1.807, 2.05) is 48.2 Å². The van der Waals surface area contributed by atoms with Crippen LogP contribution < -0.4 is 0 Å². The lowest BCUT2D eigenvalue weighted by atomic mass is 10.2. The van der Waals surface area contributed by atoms with Gasteiger partial charge in [-0.25, -0.2) is 0 Å². The van der Waals surface area contributed by atoms with Crippen LogP contribution in [0.2, 0.25) is 0 Å². The van der Waals surface area contributed by atoms with Gasteiger partial charge in [-0.15, -0.1) is 0 Å². The summed E-state index contributed by atoms with van der Waals surface area (Å²) in [6.07, 6.45) is 0. The highest BCUT2D eigenvalue weighted by Gasteiger charge is 2.04. The largest absolute Gasteiger partial charge is 0.271 e. The van der Waals surface area contributed by atoms with Gasteiger partial charge in [-0.05, 0) is 17.8 Å². The molecule has 58 valence electrons. The van der Waals surface area contributed by atoms with E-state index in [1.165, 1.54) is 0 Å². The Morgan fingerprint density at radius 2 is 2.09 bits per heavy atom. The summed E-state index contributed by atoms with van der Waals surface area (Å²) >= 11 is 2.04. The van der Waals surface area contributed by atoms with Crippen molar-refractivity contribution in [3.8, 4) is 9.85 Å². The molecule has 0 aliphatic rings. The van der Waals surface area contributed by atoms with Crippen molar-refractivity contribution in [3.63, 3.8) is 0 Å². The van der Waals surface area contributed by atoms with Gasteiger partial charge >= 0.3 is 0 Å². The van der Waals surface area contributed by atoms with Gasteiger partial charge in [-0.3, -0.25) is 4.68 Å². The van der Waals surface area contributed by atoms with E-state index in [9.17, 15) is 0 Å². The summed E-state index contributed by atoms with van der Waals surface area (Å²) in [5.74, 6) is 3.02. The lowest BCUT2D eigenvalue weighted by molar-refractivity contribution is 0.731. The number of hydrogen-bond acceptors (Lipinski definition) is 1. The number of nitrogens with zero attached hydrogens (tertiary/aromatic N) is 2. The van der Waals surface area contributed by atoms with E-state index in [2.05, 4.69) is 14.9 Å². The molecule has 0 N–H and O–H groups in total. The highest BCUT2D eigenvalue weighted by Crippen LogP contribution is 2.09. The topological polar surface area (TPSA) is 17.8 Å². The highest BCUT2D eigenvalue weighted by atomic mass is 127. The van der Waals surface area contributed by atoms with Crippen molar-refractivity contribution < 1.29 is 0 Å². The lowest BCUT2D eigenvalue weighted by Crippen LogP contribution is -1.92.